The van der Waals surface area contributed by atoms with E-state index in [1.165, 1.54) is 0 Å². The molecule has 2 aromatic rings. The van der Waals surface area contributed by atoms with Gasteiger partial charge >= 0.3 is 0 Å². The predicted octanol–water partition coefficient (Wildman–Crippen LogP) is 3.22. The van der Waals surface area contributed by atoms with Gasteiger partial charge in [-0.15, -0.1) is 0 Å². The number of carbonyl (C=O) groups is 1. The molecule has 7 nitrogen and oxygen atoms in total. The number of nitrogens with zero attached hydrogens (tertiary/aromatic N) is 1. The number of amides is 1. The van der Waals surface area contributed by atoms with Gasteiger partial charge in [0.1, 0.15) is 11.5 Å². The Morgan fingerprint density at radius 1 is 0.862 bits per heavy atom. The van der Waals surface area contributed by atoms with Gasteiger partial charge < -0.3 is 29.2 Å². The number of likely N-dealkylation sites (N-methyl/N-ethyl adjacent to an activating group) is 1. The summed E-state index contributed by atoms with van der Waals surface area (Å²) in [6.07, 6.45) is 1.23. The van der Waals surface area contributed by atoms with Gasteiger partial charge in [-0.1, -0.05) is 6.07 Å². The minimum Gasteiger partial charge on any atom is -0.497 e. The molecule has 1 N–H and O–H groups in total. The molecule has 158 valence electrons. The van der Waals surface area contributed by atoms with E-state index in [-0.39, 0.29) is 5.91 Å². The molecule has 0 aliphatic rings. The molecule has 0 saturated heterocycles. The highest BCUT2D eigenvalue weighted by molar-refractivity contribution is 5.92. The van der Waals surface area contributed by atoms with E-state index in [0.717, 1.165) is 24.3 Å². The van der Waals surface area contributed by atoms with Crippen molar-refractivity contribution in [2.75, 3.05) is 53.9 Å². The molecule has 0 aliphatic carbocycles. The van der Waals surface area contributed by atoms with Crippen LogP contribution in [0.4, 0.5) is 5.69 Å². The Balaban J connectivity index is 1.83. The lowest BCUT2D eigenvalue weighted by Gasteiger charge is -2.17. The molecule has 0 aromatic heterocycles. The first-order valence-corrected chi connectivity index (χ1v) is 9.42. The summed E-state index contributed by atoms with van der Waals surface area (Å²) in [4.78, 5) is 14.5. The molecular formula is C22H30N2O5. The fourth-order valence-electron chi connectivity index (χ4n) is 2.88. The molecule has 0 spiro atoms. The van der Waals surface area contributed by atoms with Crippen molar-refractivity contribution in [3.05, 3.63) is 42.0 Å². The van der Waals surface area contributed by atoms with E-state index < -0.39 is 0 Å². The van der Waals surface area contributed by atoms with Crippen LogP contribution in [0.1, 0.15) is 12.0 Å². The van der Waals surface area contributed by atoms with E-state index in [4.69, 9.17) is 18.9 Å². The van der Waals surface area contributed by atoms with Gasteiger partial charge in [0.05, 0.1) is 34.1 Å². The van der Waals surface area contributed by atoms with Crippen LogP contribution >= 0.6 is 0 Å². The highest BCUT2D eigenvalue weighted by Gasteiger charge is 2.11. The Morgan fingerprint density at radius 3 is 2.21 bits per heavy atom. The topological polar surface area (TPSA) is 69.3 Å². The molecule has 29 heavy (non-hydrogen) atoms. The van der Waals surface area contributed by atoms with Gasteiger partial charge in [0.25, 0.3) is 0 Å². The third-order valence-electron chi connectivity index (χ3n) is 4.63. The van der Waals surface area contributed by atoms with E-state index in [1.54, 1.807) is 46.6 Å². The summed E-state index contributed by atoms with van der Waals surface area (Å²) >= 11 is 0. The molecule has 0 saturated carbocycles. The van der Waals surface area contributed by atoms with E-state index in [2.05, 4.69) is 10.2 Å². The summed E-state index contributed by atoms with van der Waals surface area (Å²) in [6.45, 7) is 1.47. The molecule has 0 heterocycles. The zero-order chi connectivity index (χ0) is 21.2. The van der Waals surface area contributed by atoms with Gasteiger partial charge in [-0.25, -0.2) is 0 Å². The van der Waals surface area contributed by atoms with E-state index in [0.29, 0.717) is 35.9 Å². The third-order valence-corrected chi connectivity index (χ3v) is 4.63. The molecule has 0 fully saturated rings. The van der Waals surface area contributed by atoms with Crippen LogP contribution in [0, 0.1) is 0 Å². The summed E-state index contributed by atoms with van der Waals surface area (Å²) in [5.41, 5.74) is 1.75. The molecule has 7 heteroatoms. The number of rotatable bonds is 11. The standard InChI is InChI=1S/C22H30N2O5/c1-24(12-10-16-6-8-20(28-4)21(14-16)29-5)13-11-22(25)23-18-15-17(26-2)7-9-19(18)27-3/h6-9,14-15H,10-13H2,1-5H3,(H,23,25). The van der Waals surface area contributed by atoms with E-state index in [9.17, 15) is 4.79 Å². The van der Waals surface area contributed by atoms with Gasteiger partial charge in [0.2, 0.25) is 5.91 Å². The second-order valence-corrected chi connectivity index (χ2v) is 6.61. The number of ether oxygens (including phenoxy) is 4. The quantitative estimate of drug-likeness (QED) is 0.622. The third kappa shape index (κ3) is 6.57. The van der Waals surface area contributed by atoms with Crippen LogP contribution in [0.25, 0.3) is 0 Å². The SMILES string of the molecule is COc1ccc(OC)c(NC(=O)CCN(C)CCc2ccc(OC)c(OC)c2)c1. The molecular weight excluding hydrogens is 372 g/mol. The lowest BCUT2D eigenvalue weighted by Crippen LogP contribution is -2.26. The Morgan fingerprint density at radius 2 is 1.55 bits per heavy atom. The van der Waals surface area contributed by atoms with Crippen LogP contribution in [-0.4, -0.2) is 59.4 Å². The minimum absolute atomic E-state index is 0.0745. The normalized spacial score (nSPS) is 10.6. The number of nitrogens with one attached hydrogen (secondary N) is 1. The first-order valence-electron chi connectivity index (χ1n) is 9.42. The van der Waals surface area contributed by atoms with Crippen LogP contribution in [0.15, 0.2) is 36.4 Å². The lowest BCUT2D eigenvalue weighted by molar-refractivity contribution is -0.116. The lowest BCUT2D eigenvalue weighted by atomic mass is 10.1. The highest BCUT2D eigenvalue weighted by Crippen LogP contribution is 2.29. The summed E-state index contributed by atoms with van der Waals surface area (Å²) in [6, 6.07) is 11.2. The number of hydrogen-bond donors (Lipinski definition) is 1. The van der Waals surface area contributed by atoms with Crippen molar-refractivity contribution in [2.45, 2.75) is 12.8 Å². The van der Waals surface area contributed by atoms with Crippen molar-refractivity contribution in [3.8, 4) is 23.0 Å². The van der Waals surface area contributed by atoms with Gasteiger partial charge in [-0.05, 0) is 43.3 Å². The highest BCUT2D eigenvalue weighted by atomic mass is 16.5. The fraction of sp³-hybridized carbons (Fsp3) is 0.409. The number of anilines is 1. The van der Waals surface area contributed by atoms with Crippen LogP contribution in [0.5, 0.6) is 23.0 Å². The molecule has 0 radical (unpaired) electrons. The maximum atomic E-state index is 12.3. The average molecular weight is 402 g/mol. The largest absolute Gasteiger partial charge is 0.497 e. The van der Waals surface area contributed by atoms with Gasteiger partial charge in [-0.2, -0.15) is 0 Å². The summed E-state index contributed by atoms with van der Waals surface area (Å²) in [7, 11) is 8.40. The van der Waals surface area contributed by atoms with Crippen LogP contribution in [0.2, 0.25) is 0 Å². The first-order chi connectivity index (χ1) is 14.0. The Kier molecular flexibility index (Phi) is 8.61. The number of benzene rings is 2. The minimum atomic E-state index is -0.0745. The summed E-state index contributed by atoms with van der Waals surface area (Å²) < 4.78 is 21.1. The van der Waals surface area contributed by atoms with Gasteiger partial charge in [0, 0.05) is 25.6 Å². The zero-order valence-electron chi connectivity index (χ0n) is 17.8. The average Bonchev–Trinajstić information content (AvgIpc) is 2.75. The van der Waals surface area contributed by atoms with Crippen molar-refractivity contribution in [1.29, 1.82) is 0 Å². The monoisotopic (exact) mass is 402 g/mol. The molecule has 0 unspecified atom stereocenters. The molecule has 1 amide bonds. The second kappa shape index (κ2) is 11.2. The van der Waals surface area contributed by atoms with Crippen molar-refractivity contribution in [3.63, 3.8) is 0 Å². The smallest absolute Gasteiger partial charge is 0.225 e. The number of carbonyl (C=O) groups excluding carboxylic acids is 1. The van der Waals surface area contributed by atoms with Gasteiger partial charge in [0.15, 0.2) is 11.5 Å². The van der Waals surface area contributed by atoms with Gasteiger partial charge in [-0.3, -0.25) is 4.79 Å². The Labute approximate surface area is 172 Å². The second-order valence-electron chi connectivity index (χ2n) is 6.61. The van der Waals surface area contributed by atoms with E-state index in [1.807, 2.05) is 25.2 Å². The van der Waals surface area contributed by atoms with Crippen LogP contribution < -0.4 is 24.3 Å². The van der Waals surface area contributed by atoms with Crippen molar-refractivity contribution < 1.29 is 23.7 Å². The molecule has 2 aromatic carbocycles. The van der Waals surface area contributed by atoms with Crippen LogP contribution in [0.3, 0.4) is 0 Å². The summed E-state index contributed by atoms with van der Waals surface area (Å²) in [5, 5.41) is 2.89. The maximum Gasteiger partial charge on any atom is 0.225 e. The fourth-order valence-corrected chi connectivity index (χ4v) is 2.88. The van der Waals surface area contributed by atoms with Crippen molar-refractivity contribution >= 4 is 11.6 Å². The maximum absolute atomic E-state index is 12.3. The zero-order valence-corrected chi connectivity index (χ0v) is 17.8. The van der Waals surface area contributed by atoms with Crippen molar-refractivity contribution in [2.24, 2.45) is 0 Å². The molecule has 2 rings (SSSR count). The molecule has 0 aliphatic heterocycles. The summed E-state index contributed by atoms with van der Waals surface area (Å²) in [5.74, 6) is 2.62. The van der Waals surface area contributed by atoms with Crippen molar-refractivity contribution in [1.82, 2.24) is 4.90 Å². The Bertz CT molecular complexity index is 810. The predicted molar refractivity (Wildman–Crippen MR) is 114 cm³/mol. The molecule has 0 bridgehead atoms. The molecule has 0 atom stereocenters. The van der Waals surface area contributed by atoms with Crippen LogP contribution in [-0.2, 0) is 11.2 Å². The number of hydrogen-bond acceptors (Lipinski definition) is 6. The Hall–Kier alpha value is -2.93. The van der Waals surface area contributed by atoms with E-state index >= 15 is 0 Å². The first kappa shape index (κ1) is 22.4. The number of methoxy groups -OCH3 is 4.